The van der Waals surface area contributed by atoms with Crippen LogP contribution in [0.5, 0.6) is 0 Å². The van der Waals surface area contributed by atoms with Crippen LogP contribution in [0.3, 0.4) is 0 Å². The maximum atomic E-state index is 9.44. The van der Waals surface area contributed by atoms with Crippen LogP contribution in [0.15, 0.2) is 54.6 Å². The molecule has 3 nitrogen and oxygen atoms in total. The van der Waals surface area contributed by atoms with Crippen LogP contribution < -0.4 is 0 Å². The number of hydrogen-bond acceptors (Lipinski definition) is 3. The van der Waals surface area contributed by atoms with Crippen molar-refractivity contribution in [3.63, 3.8) is 0 Å². The van der Waals surface area contributed by atoms with E-state index in [0.29, 0.717) is 0 Å². The summed E-state index contributed by atoms with van der Waals surface area (Å²) in [6, 6.07) is 19.1. The molecule has 23 heavy (non-hydrogen) atoms. The standard InChI is InChI=1S/C20H25NO2/c22-14-17-10-18(15-23)13-21(12-17)11-16-6-8-20(9-7-16)19-4-2-1-3-5-19/h1-9,17-18,22-23H,10-15H2/t17-,18+. The highest BCUT2D eigenvalue weighted by molar-refractivity contribution is 5.63. The fraction of sp³-hybridized carbons (Fsp3) is 0.400. The molecule has 0 spiro atoms. The zero-order valence-corrected chi connectivity index (χ0v) is 13.4. The summed E-state index contributed by atoms with van der Waals surface area (Å²) >= 11 is 0. The van der Waals surface area contributed by atoms with Crippen molar-refractivity contribution in [2.75, 3.05) is 26.3 Å². The van der Waals surface area contributed by atoms with Gasteiger partial charge in [0.2, 0.25) is 0 Å². The smallest absolute Gasteiger partial charge is 0.0471 e. The molecular formula is C20H25NO2. The number of rotatable bonds is 5. The molecule has 2 atom stereocenters. The van der Waals surface area contributed by atoms with Crippen molar-refractivity contribution in [1.29, 1.82) is 0 Å². The molecule has 122 valence electrons. The predicted molar refractivity (Wildman–Crippen MR) is 92.9 cm³/mol. The Kier molecular flexibility index (Phi) is 5.44. The molecule has 0 radical (unpaired) electrons. The molecule has 0 bridgehead atoms. The van der Waals surface area contributed by atoms with E-state index in [9.17, 15) is 10.2 Å². The number of piperidine rings is 1. The van der Waals surface area contributed by atoms with E-state index < -0.39 is 0 Å². The van der Waals surface area contributed by atoms with Crippen molar-refractivity contribution in [1.82, 2.24) is 4.90 Å². The van der Waals surface area contributed by atoms with E-state index in [0.717, 1.165) is 26.1 Å². The average Bonchev–Trinajstić information content (AvgIpc) is 2.62. The lowest BCUT2D eigenvalue weighted by Gasteiger charge is -2.36. The van der Waals surface area contributed by atoms with Crippen molar-refractivity contribution < 1.29 is 10.2 Å². The zero-order valence-electron chi connectivity index (χ0n) is 13.4. The van der Waals surface area contributed by atoms with Crippen molar-refractivity contribution in [3.8, 4) is 11.1 Å². The second-order valence-electron chi connectivity index (χ2n) is 6.59. The van der Waals surface area contributed by atoms with Crippen LogP contribution in [0.4, 0.5) is 0 Å². The lowest BCUT2D eigenvalue weighted by molar-refractivity contribution is 0.0539. The molecule has 2 aromatic carbocycles. The van der Waals surface area contributed by atoms with Gasteiger partial charge in [-0.3, -0.25) is 4.90 Å². The molecule has 2 aromatic rings. The van der Waals surface area contributed by atoms with Gasteiger partial charge in [0.15, 0.2) is 0 Å². The lowest BCUT2D eigenvalue weighted by Crippen LogP contribution is -2.42. The highest BCUT2D eigenvalue weighted by Gasteiger charge is 2.26. The summed E-state index contributed by atoms with van der Waals surface area (Å²) in [5.41, 5.74) is 3.74. The van der Waals surface area contributed by atoms with Gasteiger partial charge in [-0.2, -0.15) is 0 Å². The van der Waals surface area contributed by atoms with Crippen molar-refractivity contribution >= 4 is 0 Å². The van der Waals surface area contributed by atoms with Crippen LogP contribution >= 0.6 is 0 Å². The van der Waals surface area contributed by atoms with Gasteiger partial charge >= 0.3 is 0 Å². The third-order valence-corrected chi connectivity index (χ3v) is 4.68. The lowest BCUT2D eigenvalue weighted by atomic mass is 9.90. The van der Waals surface area contributed by atoms with E-state index in [4.69, 9.17) is 0 Å². The normalized spacial score (nSPS) is 22.2. The molecule has 1 saturated heterocycles. The molecule has 1 fully saturated rings. The first-order valence-corrected chi connectivity index (χ1v) is 8.37. The fourth-order valence-corrected chi connectivity index (χ4v) is 3.51. The SMILES string of the molecule is OC[C@@H]1C[C@H](CO)CN(Cc2ccc(-c3ccccc3)cc2)C1. The van der Waals surface area contributed by atoms with E-state index in [1.165, 1.54) is 16.7 Å². The number of hydrogen-bond donors (Lipinski definition) is 2. The topological polar surface area (TPSA) is 43.7 Å². The second kappa shape index (κ2) is 7.73. The molecule has 0 aromatic heterocycles. The van der Waals surface area contributed by atoms with Crippen molar-refractivity contribution in [2.45, 2.75) is 13.0 Å². The summed E-state index contributed by atoms with van der Waals surface area (Å²) in [5.74, 6) is 0.564. The molecule has 0 unspecified atom stereocenters. The molecule has 1 aliphatic heterocycles. The Hall–Kier alpha value is -1.68. The summed E-state index contributed by atoms with van der Waals surface area (Å²) in [6.45, 7) is 3.11. The van der Waals surface area contributed by atoms with Crippen molar-refractivity contribution in [3.05, 3.63) is 60.2 Å². The van der Waals surface area contributed by atoms with Gasteiger partial charge in [0.05, 0.1) is 0 Å². The molecule has 0 aliphatic carbocycles. The van der Waals surface area contributed by atoms with Crippen LogP contribution in [0.2, 0.25) is 0 Å². The van der Waals surface area contributed by atoms with E-state index in [-0.39, 0.29) is 25.0 Å². The second-order valence-corrected chi connectivity index (χ2v) is 6.59. The third kappa shape index (κ3) is 4.20. The van der Waals surface area contributed by atoms with Gasteiger partial charge < -0.3 is 10.2 Å². The molecular weight excluding hydrogens is 286 g/mol. The summed E-state index contributed by atoms with van der Waals surface area (Å²) in [6.07, 6.45) is 0.927. The van der Waals surface area contributed by atoms with Crippen LogP contribution in [-0.4, -0.2) is 41.4 Å². The number of nitrogens with zero attached hydrogens (tertiary/aromatic N) is 1. The maximum Gasteiger partial charge on any atom is 0.0471 e. The average molecular weight is 311 g/mol. The monoisotopic (exact) mass is 311 g/mol. The summed E-state index contributed by atoms with van der Waals surface area (Å²) in [4.78, 5) is 2.35. The van der Waals surface area contributed by atoms with Gasteiger partial charge in [-0.1, -0.05) is 54.6 Å². The Balaban J connectivity index is 1.66. The van der Waals surface area contributed by atoms with Gasteiger partial charge in [0, 0.05) is 32.8 Å². The minimum atomic E-state index is 0.208. The van der Waals surface area contributed by atoms with Crippen LogP contribution in [-0.2, 0) is 6.54 Å². The van der Waals surface area contributed by atoms with E-state index in [1.54, 1.807) is 0 Å². The van der Waals surface area contributed by atoms with Gasteiger partial charge in [0.1, 0.15) is 0 Å². The molecule has 3 rings (SSSR count). The Labute approximate surface area is 138 Å². The van der Waals surface area contributed by atoms with Crippen molar-refractivity contribution in [2.24, 2.45) is 11.8 Å². The van der Waals surface area contributed by atoms with E-state index >= 15 is 0 Å². The molecule has 0 amide bonds. The molecule has 1 heterocycles. The Bertz CT molecular complexity index is 585. The van der Waals surface area contributed by atoms with E-state index in [1.807, 2.05) is 6.07 Å². The molecule has 2 N–H and O–H groups in total. The number of likely N-dealkylation sites (tertiary alicyclic amines) is 1. The maximum absolute atomic E-state index is 9.44. The predicted octanol–water partition coefficient (Wildman–Crippen LogP) is 2.78. The van der Waals surface area contributed by atoms with Crippen LogP contribution in [0.25, 0.3) is 11.1 Å². The fourth-order valence-electron chi connectivity index (χ4n) is 3.51. The quantitative estimate of drug-likeness (QED) is 0.892. The van der Waals surface area contributed by atoms with Crippen LogP contribution in [0, 0.1) is 11.8 Å². The Morgan fingerprint density at radius 1 is 0.783 bits per heavy atom. The van der Waals surface area contributed by atoms with Gasteiger partial charge in [-0.15, -0.1) is 0 Å². The zero-order chi connectivity index (χ0) is 16.1. The summed E-state index contributed by atoms with van der Waals surface area (Å²) < 4.78 is 0. The Morgan fingerprint density at radius 2 is 1.35 bits per heavy atom. The first-order valence-electron chi connectivity index (χ1n) is 8.37. The minimum absolute atomic E-state index is 0.208. The van der Waals surface area contributed by atoms with Gasteiger partial charge in [-0.05, 0) is 34.9 Å². The molecule has 3 heteroatoms. The number of benzene rings is 2. The largest absolute Gasteiger partial charge is 0.396 e. The minimum Gasteiger partial charge on any atom is -0.396 e. The highest BCUT2D eigenvalue weighted by Crippen LogP contribution is 2.24. The first kappa shape index (κ1) is 16.2. The first-order chi connectivity index (χ1) is 11.3. The van der Waals surface area contributed by atoms with Gasteiger partial charge in [-0.25, -0.2) is 0 Å². The highest BCUT2D eigenvalue weighted by atomic mass is 16.3. The molecule has 1 aliphatic rings. The van der Waals surface area contributed by atoms with E-state index in [2.05, 4.69) is 53.4 Å². The van der Waals surface area contributed by atoms with Crippen LogP contribution in [0.1, 0.15) is 12.0 Å². The Morgan fingerprint density at radius 3 is 1.91 bits per heavy atom. The third-order valence-electron chi connectivity index (χ3n) is 4.68. The number of aliphatic hydroxyl groups excluding tert-OH is 2. The summed E-state index contributed by atoms with van der Waals surface area (Å²) in [5, 5.41) is 18.9. The molecule has 0 saturated carbocycles. The van der Waals surface area contributed by atoms with Gasteiger partial charge in [0.25, 0.3) is 0 Å². The summed E-state index contributed by atoms with van der Waals surface area (Å²) in [7, 11) is 0. The number of aliphatic hydroxyl groups is 2.